The minimum atomic E-state index is -0.236. The number of hydrogen-bond donors (Lipinski definition) is 1. The van der Waals surface area contributed by atoms with Crippen molar-refractivity contribution >= 4 is 16.7 Å². The first-order valence-electron chi connectivity index (χ1n) is 5.61. The lowest BCUT2D eigenvalue weighted by Crippen LogP contribution is -1.94. The topological polar surface area (TPSA) is 48.8 Å². The van der Waals surface area contributed by atoms with Crippen molar-refractivity contribution in [3.05, 3.63) is 36.3 Å². The SMILES string of the molecule is Cn1nc(N)cc1-c1cn(C)c2cc(F)ccc12. The standard InChI is InChI=1S/C13H13FN4/c1-17-7-10(12-6-13(15)16-18(12)2)9-4-3-8(14)5-11(9)17/h3-7H,1-2H3,(H2,15,16). The number of nitrogen functional groups attached to an aromatic ring is 1. The Morgan fingerprint density at radius 2 is 2.00 bits per heavy atom. The second-order valence-corrected chi connectivity index (χ2v) is 4.39. The number of nitrogens with two attached hydrogens (primary N) is 1. The van der Waals surface area contributed by atoms with Gasteiger partial charge < -0.3 is 10.3 Å². The fourth-order valence-electron chi connectivity index (χ4n) is 2.30. The molecule has 3 rings (SSSR count). The molecule has 0 aliphatic rings. The molecule has 0 saturated heterocycles. The van der Waals surface area contributed by atoms with Gasteiger partial charge in [-0.25, -0.2) is 4.39 Å². The van der Waals surface area contributed by atoms with Gasteiger partial charge in [0.1, 0.15) is 11.6 Å². The number of rotatable bonds is 1. The zero-order chi connectivity index (χ0) is 12.9. The van der Waals surface area contributed by atoms with E-state index in [1.807, 2.05) is 30.9 Å². The number of aryl methyl sites for hydroxylation is 2. The van der Waals surface area contributed by atoms with Crippen molar-refractivity contribution in [3.63, 3.8) is 0 Å². The van der Waals surface area contributed by atoms with Crippen LogP contribution in [0.1, 0.15) is 0 Å². The monoisotopic (exact) mass is 244 g/mol. The molecule has 2 heterocycles. The number of halogens is 1. The third-order valence-corrected chi connectivity index (χ3v) is 3.13. The van der Waals surface area contributed by atoms with Gasteiger partial charge in [-0.15, -0.1) is 0 Å². The Bertz CT molecular complexity index is 739. The van der Waals surface area contributed by atoms with Crippen LogP contribution in [0.2, 0.25) is 0 Å². The Morgan fingerprint density at radius 3 is 2.67 bits per heavy atom. The van der Waals surface area contributed by atoms with Crippen LogP contribution in [-0.2, 0) is 14.1 Å². The van der Waals surface area contributed by atoms with E-state index in [0.29, 0.717) is 5.82 Å². The summed E-state index contributed by atoms with van der Waals surface area (Å²) in [5.41, 5.74) is 8.46. The molecule has 0 radical (unpaired) electrons. The van der Waals surface area contributed by atoms with Crippen molar-refractivity contribution in [2.45, 2.75) is 0 Å². The number of anilines is 1. The molecule has 0 unspecified atom stereocenters. The summed E-state index contributed by atoms with van der Waals surface area (Å²) < 4.78 is 16.9. The molecule has 3 aromatic rings. The van der Waals surface area contributed by atoms with E-state index in [-0.39, 0.29) is 5.82 Å². The minimum Gasteiger partial charge on any atom is -0.382 e. The molecule has 1 aromatic carbocycles. The van der Waals surface area contributed by atoms with Gasteiger partial charge in [-0.05, 0) is 18.2 Å². The molecule has 5 heteroatoms. The van der Waals surface area contributed by atoms with Crippen LogP contribution >= 0.6 is 0 Å². The molecular weight excluding hydrogens is 231 g/mol. The Kier molecular flexibility index (Phi) is 2.16. The van der Waals surface area contributed by atoms with Crippen molar-refractivity contribution in [2.24, 2.45) is 14.1 Å². The fraction of sp³-hybridized carbons (Fsp3) is 0.154. The zero-order valence-electron chi connectivity index (χ0n) is 10.2. The Balaban J connectivity index is 2.33. The van der Waals surface area contributed by atoms with Crippen LogP contribution in [-0.4, -0.2) is 14.3 Å². The molecule has 0 saturated carbocycles. The molecule has 0 spiro atoms. The first-order chi connectivity index (χ1) is 8.56. The highest BCUT2D eigenvalue weighted by Crippen LogP contribution is 2.31. The van der Waals surface area contributed by atoms with Gasteiger partial charge in [0.25, 0.3) is 0 Å². The maximum absolute atomic E-state index is 13.3. The van der Waals surface area contributed by atoms with E-state index in [9.17, 15) is 4.39 Å². The number of fused-ring (bicyclic) bond motifs is 1. The van der Waals surface area contributed by atoms with Crippen molar-refractivity contribution < 1.29 is 4.39 Å². The molecular formula is C13H13FN4. The van der Waals surface area contributed by atoms with Crippen molar-refractivity contribution in [3.8, 4) is 11.3 Å². The van der Waals surface area contributed by atoms with E-state index in [1.54, 1.807) is 10.7 Å². The summed E-state index contributed by atoms with van der Waals surface area (Å²) in [6, 6.07) is 6.59. The van der Waals surface area contributed by atoms with E-state index >= 15 is 0 Å². The molecule has 0 aliphatic heterocycles. The lowest BCUT2D eigenvalue weighted by molar-refractivity contribution is 0.629. The average Bonchev–Trinajstić information content (AvgIpc) is 2.80. The number of aromatic nitrogens is 3. The molecule has 0 atom stereocenters. The van der Waals surface area contributed by atoms with Crippen LogP contribution in [0.15, 0.2) is 30.5 Å². The number of nitrogens with zero attached hydrogens (tertiary/aromatic N) is 3. The van der Waals surface area contributed by atoms with E-state index in [1.165, 1.54) is 12.1 Å². The highest BCUT2D eigenvalue weighted by molar-refractivity contribution is 5.95. The third-order valence-electron chi connectivity index (χ3n) is 3.13. The van der Waals surface area contributed by atoms with Gasteiger partial charge in [-0.3, -0.25) is 4.68 Å². The summed E-state index contributed by atoms with van der Waals surface area (Å²) in [4.78, 5) is 0. The molecule has 92 valence electrons. The average molecular weight is 244 g/mol. The zero-order valence-corrected chi connectivity index (χ0v) is 10.2. The van der Waals surface area contributed by atoms with Gasteiger partial charge in [-0.2, -0.15) is 5.10 Å². The first kappa shape index (κ1) is 10.8. The Morgan fingerprint density at radius 1 is 1.22 bits per heavy atom. The molecule has 2 N–H and O–H groups in total. The van der Waals surface area contributed by atoms with E-state index < -0.39 is 0 Å². The molecule has 2 aromatic heterocycles. The maximum Gasteiger partial charge on any atom is 0.146 e. The summed E-state index contributed by atoms with van der Waals surface area (Å²) in [5, 5.41) is 5.12. The van der Waals surface area contributed by atoms with Crippen LogP contribution in [0, 0.1) is 5.82 Å². The lowest BCUT2D eigenvalue weighted by Gasteiger charge is -1.99. The van der Waals surface area contributed by atoms with Gasteiger partial charge in [0.2, 0.25) is 0 Å². The highest BCUT2D eigenvalue weighted by atomic mass is 19.1. The van der Waals surface area contributed by atoms with Crippen molar-refractivity contribution in [2.75, 3.05) is 5.73 Å². The largest absolute Gasteiger partial charge is 0.382 e. The van der Waals surface area contributed by atoms with Crippen LogP contribution in [0.25, 0.3) is 22.2 Å². The normalized spacial score (nSPS) is 11.3. The fourth-order valence-corrected chi connectivity index (χ4v) is 2.30. The van der Waals surface area contributed by atoms with Crippen molar-refractivity contribution in [1.29, 1.82) is 0 Å². The molecule has 0 bridgehead atoms. The molecule has 4 nitrogen and oxygen atoms in total. The Hall–Kier alpha value is -2.30. The van der Waals surface area contributed by atoms with Gasteiger partial charge in [0.05, 0.1) is 11.2 Å². The number of benzene rings is 1. The predicted molar refractivity (Wildman–Crippen MR) is 69.5 cm³/mol. The quantitative estimate of drug-likeness (QED) is 0.714. The Labute approximate surface area is 103 Å². The predicted octanol–water partition coefficient (Wildman–Crippen LogP) is 2.30. The summed E-state index contributed by atoms with van der Waals surface area (Å²) in [6.07, 6.45) is 1.96. The van der Waals surface area contributed by atoms with Gasteiger partial charge >= 0.3 is 0 Å². The van der Waals surface area contributed by atoms with Crippen LogP contribution < -0.4 is 5.73 Å². The first-order valence-corrected chi connectivity index (χ1v) is 5.61. The lowest BCUT2D eigenvalue weighted by atomic mass is 10.1. The van der Waals surface area contributed by atoms with Gasteiger partial charge in [0, 0.05) is 37.3 Å². The van der Waals surface area contributed by atoms with Crippen LogP contribution in [0.4, 0.5) is 10.2 Å². The smallest absolute Gasteiger partial charge is 0.146 e. The summed E-state index contributed by atoms with van der Waals surface area (Å²) in [6.45, 7) is 0. The van der Waals surface area contributed by atoms with Gasteiger partial charge in [-0.1, -0.05) is 0 Å². The van der Waals surface area contributed by atoms with Crippen molar-refractivity contribution in [1.82, 2.24) is 14.3 Å². The third kappa shape index (κ3) is 1.48. The van der Waals surface area contributed by atoms with E-state index in [0.717, 1.165) is 22.2 Å². The second-order valence-electron chi connectivity index (χ2n) is 4.39. The molecule has 0 aliphatic carbocycles. The minimum absolute atomic E-state index is 0.236. The van der Waals surface area contributed by atoms with E-state index in [2.05, 4.69) is 5.10 Å². The molecule has 18 heavy (non-hydrogen) atoms. The summed E-state index contributed by atoms with van der Waals surface area (Å²) >= 11 is 0. The summed E-state index contributed by atoms with van der Waals surface area (Å²) in [7, 11) is 3.74. The molecule has 0 amide bonds. The highest BCUT2D eigenvalue weighted by Gasteiger charge is 2.13. The maximum atomic E-state index is 13.3. The summed E-state index contributed by atoms with van der Waals surface area (Å²) in [5.74, 6) is 0.242. The van der Waals surface area contributed by atoms with E-state index in [4.69, 9.17) is 5.73 Å². The van der Waals surface area contributed by atoms with Crippen LogP contribution in [0.3, 0.4) is 0 Å². The van der Waals surface area contributed by atoms with Crippen LogP contribution in [0.5, 0.6) is 0 Å². The second kappa shape index (κ2) is 3.60. The van der Waals surface area contributed by atoms with Gasteiger partial charge in [0.15, 0.2) is 0 Å². The number of hydrogen-bond acceptors (Lipinski definition) is 2. The molecule has 0 fully saturated rings.